The van der Waals surface area contributed by atoms with Crippen LogP contribution in [0.5, 0.6) is 23.0 Å². The minimum Gasteiger partial charge on any atom is -0.497 e. The summed E-state index contributed by atoms with van der Waals surface area (Å²) in [6.07, 6.45) is 1.46. The number of carbonyl (C=O) groups excluding carboxylic acids is 1. The van der Waals surface area contributed by atoms with Gasteiger partial charge >= 0.3 is 0 Å². The Hall–Kier alpha value is -2.93. The van der Waals surface area contributed by atoms with Crippen LogP contribution in [-0.2, 0) is 0 Å². The summed E-state index contributed by atoms with van der Waals surface area (Å²) in [4.78, 5) is 12.3. The van der Waals surface area contributed by atoms with Gasteiger partial charge in [-0.15, -0.1) is 0 Å². The van der Waals surface area contributed by atoms with Crippen molar-refractivity contribution in [2.45, 2.75) is 6.92 Å². The van der Waals surface area contributed by atoms with E-state index in [-0.39, 0.29) is 0 Å². The molecule has 0 spiro atoms. The number of hydrazone groups is 1. The van der Waals surface area contributed by atoms with E-state index in [1.807, 2.05) is 6.92 Å². The summed E-state index contributed by atoms with van der Waals surface area (Å²) in [6, 6.07) is 8.23. The Bertz CT molecular complexity index is 817. The van der Waals surface area contributed by atoms with Gasteiger partial charge in [0.25, 0.3) is 5.91 Å². The molecule has 1 N–H and O–H groups in total. The lowest BCUT2D eigenvalue weighted by Crippen LogP contribution is -2.17. The molecule has 7 nitrogen and oxygen atoms in total. The number of ether oxygens (including phenoxy) is 4. The fourth-order valence-corrected chi connectivity index (χ4v) is 2.59. The van der Waals surface area contributed by atoms with Crippen molar-refractivity contribution in [3.63, 3.8) is 0 Å². The molecule has 0 fully saturated rings. The van der Waals surface area contributed by atoms with E-state index >= 15 is 0 Å². The van der Waals surface area contributed by atoms with E-state index in [2.05, 4.69) is 10.5 Å². The number of rotatable bonds is 8. The lowest BCUT2D eigenvalue weighted by atomic mass is 10.2. The summed E-state index contributed by atoms with van der Waals surface area (Å²) in [5, 5.41) is 4.35. The maximum atomic E-state index is 12.3. The van der Waals surface area contributed by atoms with Crippen LogP contribution in [0, 0.1) is 0 Å². The van der Waals surface area contributed by atoms with Crippen LogP contribution >= 0.6 is 11.6 Å². The van der Waals surface area contributed by atoms with E-state index in [1.54, 1.807) is 30.3 Å². The normalized spacial score (nSPS) is 10.6. The standard InChI is InChI=1S/C19H21ClN2O5/c1-5-27-17-7-12(6-16(20)18(17)26-4)11-21-22-19(23)13-8-14(24-2)10-15(9-13)25-3/h6-11H,5H2,1-4H3,(H,22,23). The zero-order chi connectivity index (χ0) is 19.8. The number of methoxy groups -OCH3 is 3. The van der Waals surface area contributed by atoms with E-state index in [4.69, 9.17) is 30.5 Å². The van der Waals surface area contributed by atoms with Crippen molar-refractivity contribution in [1.82, 2.24) is 5.43 Å². The molecule has 0 saturated heterocycles. The highest BCUT2D eigenvalue weighted by atomic mass is 35.5. The summed E-state index contributed by atoms with van der Waals surface area (Å²) in [7, 11) is 4.54. The SMILES string of the molecule is CCOc1cc(C=NNC(=O)c2cc(OC)cc(OC)c2)cc(Cl)c1OC. The molecule has 2 rings (SSSR count). The second kappa shape index (κ2) is 9.68. The lowest BCUT2D eigenvalue weighted by molar-refractivity contribution is 0.0954. The summed E-state index contributed by atoms with van der Waals surface area (Å²) in [5.41, 5.74) is 3.45. The topological polar surface area (TPSA) is 78.4 Å². The summed E-state index contributed by atoms with van der Waals surface area (Å²) < 4.78 is 21.1. The largest absolute Gasteiger partial charge is 0.497 e. The molecule has 27 heavy (non-hydrogen) atoms. The van der Waals surface area contributed by atoms with E-state index < -0.39 is 5.91 Å². The zero-order valence-electron chi connectivity index (χ0n) is 15.5. The number of benzene rings is 2. The molecule has 2 aromatic carbocycles. The second-order valence-electron chi connectivity index (χ2n) is 5.27. The number of amides is 1. The third-order valence-electron chi connectivity index (χ3n) is 3.53. The molecule has 8 heteroatoms. The van der Waals surface area contributed by atoms with Gasteiger partial charge in [0.15, 0.2) is 11.5 Å². The third-order valence-corrected chi connectivity index (χ3v) is 3.81. The molecule has 0 aliphatic heterocycles. The quantitative estimate of drug-likeness (QED) is 0.549. The van der Waals surface area contributed by atoms with Gasteiger partial charge in [0.1, 0.15) is 11.5 Å². The average molecular weight is 393 g/mol. The highest BCUT2D eigenvalue weighted by Gasteiger charge is 2.11. The molecule has 144 valence electrons. The van der Waals surface area contributed by atoms with Gasteiger partial charge < -0.3 is 18.9 Å². The first-order valence-electron chi connectivity index (χ1n) is 8.09. The molecule has 0 heterocycles. The predicted octanol–water partition coefficient (Wildman–Crippen LogP) is 3.53. The summed E-state index contributed by atoms with van der Waals surface area (Å²) in [6.45, 7) is 2.32. The first kappa shape index (κ1) is 20.4. The smallest absolute Gasteiger partial charge is 0.271 e. The molecule has 1 amide bonds. The van der Waals surface area contributed by atoms with E-state index in [1.165, 1.54) is 27.5 Å². The Labute approximate surface area is 162 Å². The maximum absolute atomic E-state index is 12.3. The van der Waals surface area contributed by atoms with Gasteiger partial charge in [0.05, 0.1) is 39.2 Å². The molecule has 0 aliphatic rings. The Morgan fingerprint density at radius 1 is 1.07 bits per heavy atom. The van der Waals surface area contributed by atoms with Gasteiger partial charge in [-0.2, -0.15) is 5.10 Å². The van der Waals surface area contributed by atoms with Crippen molar-refractivity contribution in [2.24, 2.45) is 5.10 Å². The second-order valence-corrected chi connectivity index (χ2v) is 5.67. The van der Waals surface area contributed by atoms with Crippen LogP contribution in [0.4, 0.5) is 0 Å². The molecule has 2 aromatic rings. The van der Waals surface area contributed by atoms with E-state index in [0.717, 1.165) is 0 Å². The number of nitrogens with one attached hydrogen (secondary N) is 1. The van der Waals surface area contributed by atoms with Crippen molar-refractivity contribution in [1.29, 1.82) is 0 Å². The van der Waals surface area contributed by atoms with Gasteiger partial charge in [-0.25, -0.2) is 5.43 Å². The van der Waals surface area contributed by atoms with E-state index in [9.17, 15) is 4.79 Å². The third kappa shape index (κ3) is 5.27. The summed E-state index contributed by atoms with van der Waals surface area (Å²) in [5.74, 6) is 1.55. The molecular formula is C19H21ClN2O5. The first-order valence-corrected chi connectivity index (χ1v) is 8.47. The molecule has 0 aliphatic carbocycles. The highest BCUT2D eigenvalue weighted by Crippen LogP contribution is 2.35. The van der Waals surface area contributed by atoms with Crippen molar-refractivity contribution in [3.05, 3.63) is 46.5 Å². The summed E-state index contributed by atoms with van der Waals surface area (Å²) >= 11 is 6.19. The van der Waals surface area contributed by atoms with Gasteiger partial charge in [-0.05, 0) is 36.8 Å². The van der Waals surface area contributed by atoms with Gasteiger partial charge in [-0.3, -0.25) is 4.79 Å². The Morgan fingerprint density at radius 3 is 2.30 bits per heavy atom. The van der Waals surface area contributed by atoms with Crippen molar-refractivity contribution >= 4 is 23.7 Å². The first-order chi connectivity index (χ1) is 13.0. The fourth-order valence-electron chi connectivity index (χ4n) is 2.29. The Morgan fingerprint density at radius 2 is 1.74 bits per heavy atom. The maximum Gasteiger partial charge on any atom is 0.271 e. The number of hydrogen-bond donors (Lipinski definition) is 1. The van der Waals surface area contributed by atoms with Crippen LogP contribution in [0.15, 0.2) is 35.4 Å². The molecular weight excluding hydrogens is 372 g/mol. The van der Waals surface area contributed by atoms with E-state index in [0.29, 0.717) is 45.8 Å². The minimum atomic E-state index is -0.409. The van der Waals surface area contributed by atoms with Gasteiger partial charge in [-0.1, -0.05) is 11.6 Å². The zero-order valence-corrected chi connectivity index (χ0v) is 16.3. The average Bonchev–Trinajstić information content (AvgIpc) is 2.67. The van der Waals surface area contributed by atoms with Crippen LogP contribution in [0.2, 0.25) is 5.02 Å². The molecule has 0 atom stereocenters. The number of nitrogens with zero attached hydrogens (tertiary/aromatic N) is 1. The molecule has 0 unspecified atom stereocenters. The van der Waals surface area contributed by atoms with Crippen molar-refractivity contribution in [2.75, 3.05) is 27.9 Å². The van der Waals surface area contributed by atoms with Crippen LogP contribution in [0.25, 0.3) is 0 Å². The molecule has 0 saturated carbocycles. The molecule has 0 aromatic heterocycles. The van der Waals surface area contributed by atoms with Crippen molar-refractivity contribution in [3.8, 4) is 23.0 Å². The van der Waals surface area contributed by atoms with Crippen molar-refractivity contribution < 1.29 is 23.7 Å². The minimum absolute atomic E-state index is 0.353. The monoisotopic (exact) mass is 392 g/mol. The Balaban J connectivity index is 2.16. The number of hydrogen-bond acceptors (Lipinski definition) is 6. The van der Waals surface area contributed by atoms with Crippen LogP contribution < -0.4 is 24.4 Å². The van der Waals surface area contributed by atoms with Gasteiger partial charge in [0, 0.05) is 11.6 Å². The Kier molecular flexibility index (Phi) is 7.31. The predicted molar refractivity (Wildman–Crippen MR) is 104 cm³/mol. The van der Waals surface area contributed by atoms with Crippen LogP contribution in [-0.4, -0.2) is 40.1 Å². The van der Waals surface area contributed by atoms with Crippen LogP contribution in [0.1, 0.15) is 22.8 Å². The number of halogens is 1. The fraction of sp³-hybridized carbons (Fsp3) is 0.263. The van der Waals surface area contributed by atoms with Crippen LogP contribution in [0.3, 0.4) is 0 Å². The van der Waals surface area contributed by atoms with Gasteiger partial charge in [0.2, 0.25) is 0 Å². The molecule has 0 bridgehead atoms. The number of carbonyl (C=O) groups is 1. The highest BCUT2D eigenvalue weighted by molar-refractivity contribution is 6.32. The lowest BCUT2D eigenvalue weighted by Gasteiger charge is -2.11. The molecule has 0 radical (unpaired) electrons.